The van der Waals surface area contributed by atoms with Gasteiger partial charge in [0.25, 0.3) is 5.56 Å². The normalized spacial score (nSPS) is 13.4. The number of rotatable bonds is 6. The van der Waals surface area contributed by atoms with Gasteiger partial charge in [0.1, 0.15) is 4.83 Å². The zero-order valence-electron chi connectivity index (χ0n) is 15.9. The molecule has 0 N–H and O–H groups in total. The van der Waals surface area contributed by atoms with Gasteiger partial charge < -0.3 is 9.30 Å². The number of thiophene rings is 1. The second kappa shape index (κ2) is 7.05. The van der Waals surface area contributed by atoms with Crippen molar-refractivity contribution in [2.45, 2.75) is 46.2 Å². The largest absolute Gasteiger partial charge is 0.383 e. The predicted molar refractivity (Wildman–Crippen MR) is 106 cm³/mol. The minimum Gasteiger partial charge on any atom is -0.383 e. The van der Waals surface area contributed by atoms with Crippen LogP contribution in [0.3, 0.4) is 0 Å². The summed E-state index contributed by atoms with van der Waals surface area (Å²) in [7, 11) is 1.66. The number of hydrogen-bond donors (Lipinski definition) is 0. The number of ether oxygens (including phenoxy) is 1. The Hall–Kier alpha value is -2.25. The lowest BCUT2D eigenvalue weighted by molar-refractivity contribution is 0.0969. The number of carbonyl (C=O) groups is 1. The molecule has 0 amide bonds. The van der Waals surface area contributed by atoms with Crippen LogP contribution >= 0.6 is 11.3 Å². The van der Waals surface area contributed by atoms with Crippen molar-refractivity contribution in [2.24, 2.45) is 0 Å². The van der Waals surface area contributed by atoms with Crippen molar-refractivity contribution in [3.8, 4) is 0 Å². The summed E-state index contributed by atoms with van der Waals surface area (Å²) < 4.78 is 8.68. The molecule has 7 heteroatoms. The monoisotopic (exact) mass is 385 g/mol. The van der Waals surface area contributed by atoms with E-state index in [1.807, 2.05) is 19.9 Å². The molecule has 0 aliphatic heterocycles. The molecule has 142 valence electrons. The molecular weight excluding hydrogens is 362 g/mol. The second-order valence-corrected chi connectivity index (χ2v) is 8.15. The van der Waals surface area contributed by atoms with Gasteiger partial charge in [0.05, 0.1) is 24.9 Å². The van der Waals surface area contributed by atoms with Gasteiger partial charge >= 0.3 is 0 Å². The molecule has 0 saturated heterocycles. The van der Waals surface area contributed by atoms with Crippen LogP contribution in [0.15, 0.2) is 17.2 Å². The van der Waals surface area contributed by atoms with Crippen LogP contribution in [0.2, 0.25) is 0 Å². The summed E-state index contributed by atoms with van der Waals surface area (Å²) in [6.07, 6.45) is 4.57. The zero-order chi connectivity index (χ0) is 19.1. The molecule has 0 unspecified atom stereocenters. The zero-order valence-corrected chi connectivity index (χ0v) is 16.7. The number of Topliss-reactive ketones (excluding diaryl/α,β-unsaturated/α-hetero) is 1. The van der Waals surface area contributed by atoms with Gasteiger partial charge in [-0.3, -0.25) is 14.2 Å². The SMILES string of the molecule is COCCn1c(C)cc(C(=O)Cn2cnc3sc4c(c3c2=O)CCC4)c1C. The lowest BCUT2D eigenvalue weighted by Crippen LogP contribution is -2.25. The number of ketones is 1. The number of carbonyl (C=O) groups excluding carboxylic acids is 1. The summed E-state index contributed by atoms with van der Waals surface area (Å²) in [4.78, 5) is 32.4. The second-order valence-electron chi connectivity index (χ2n) is 7.07. The Kier molecular flexibility index (Phi) is 4.74. The van der Waals surface area contributed by atoms with Crippen LogP contribution in [0, 0.1) is 13.8 Å². The van der Waals surface area contributed by atoms with Gasteiger partial charge in [-0.25, -0.2) is 4.98 Å². The summed E-state index contributed by atoms with van der Waals surface area (Å²) in [5.41, 5.74) is 3.64. The summed E-state index contributed by atoms with van der Waals surface area (Å²) in [6.45, 7) is 5.23. The molecule has 27 heavy (non-hydrogen) atoms. The van der Waals surface area contributed by atoms with E-state index in [0.717, 1.165) is 41.0 Å². The smallest absolute Gasteiger partial charge is 0.262 e. The Morgan fingerprint density at radius 3 is 2.93 bits per heavy atom. The summed E-state index contributed by atoms with van der Waals surface area (Å²) in [5.74, 6) is -0.0677. The standard InChI is InChI=1S/C20H23N3O3S/c1-12-9-15(13(2)23(12)7-8-26-3)16(24)10-22-11-21-19-18(20(22)25)14-5-4-6-17(14)27-19/h9,11H,4-8,10H2,1-3H3. The maximum atomic E-state index is 13.0. The predicted octanol–water partition coefficient (Wildman–Crippen LogP) is 2.89. The van der Waals surface area contributed by atoms with Crippen molar-refractivity contribution in [3.05, 3.63) is 50.1 Å². The highest BCUT2D eigenvalue weighted by atomic mass is 32.1. The summed E-state index contributed by atoms with van der Waals surface area (Å²) in [5, 5.41) is 0.716. The van der Waals surface area contributed by atoms with Gasteiger partial charge in [-0.2, -0.15) is 0 Å². The van der Waals surface area contributed by atoms with Crippen LogP contribution < -0.4 is 5.56 Å². The first kappa shape index (κ1) is 18.1. The van der Waals surface area contributed by atoms with E-state index in [1.165, 1.54) is 15.8 Å². The van der Waals surface area contributed by atoms with Crippen LogP contribution in [0.4, 0.5) is 0 Å². The summed E-state index contributed by atoms with van der Waals surface area (Å²) in [6, 6.07) is 1.90. The molecule has 3 aromatic rings. The van der Waals surface area contributed by atoms with E-state index in [0.29, 0.717) is 24.1 Å². The Morgan fingerprint density at radius 1 is 1.33 bits per heavy atom. The first-order chi connectivity index (χ1) is 13.0. The molecule has 0 atom stereocenters. The van der Waals surface area contributed by atoms with E-state index in [2.05, 4.69) is 9.55 Å². The Labute approximate surface area is 161 Å². The van der Waals surface area contributed by atoms with Crippen LogP contribution in [0.25, 0.3) is 10.2 Å². The van der Waals surface area contributed by atoms with E-state index in [-0.39, 0.29) is 17.9 Å². The van der Waals surface area contributed by atoms with Gasteiger partial charge in [-0.05, 0) is 44.7 Å². The average Bonchev–Trinajstić information content (AvgIpc) is 3.29. The Morgan fingerprint density at radius 2 is 2.15 bits per heavy atom. The number of aryl methyl sites for hydroxylation is 3. The Bertz CT molecular complexity index is 1090. The minimum absolute atomic E-state index is 0.0148. The highest BCUT2D eigenvalue weighted by Gasteiger charge is 2.22. The molecule has 0 aromatic carbocycles. The molecule has 0 saturated carbocycles. The van der Waals surface area contributed by atoms with Gasteiger partial charge in [-0.15, -0.1) is 11.3 Å². The number of aromatic nitrogens is 3. The van der Waals surface area contributed by atoms with Crippen molar-refractivity contribution in [3.63, 3.8) is 0 Å². The van der Waals surface area contributed by atoms with Crippen molar-refractivity contribution in [1.82, 2.24) is 14.1 Å². The number of hydrogen-bond acceptors (Lipinski definition) is 5. The van der Waals surface area contributed by atoms with Crippen LogP contribution in [0.5, 0.6) is 0 Å². The van der Waals surface area contributed by atoms with Crippen molar-refractivity contribution < 1.29 is 9.53 Å². The highest BCUT2D eigenvalue weighted by Crippen LogP contribution is 2.34. The fraction of sp³-hybridized carbons (Fsp3) is 0.450. The highest BCUT2D eigenvalue weighted by molar-refractivity contribution is 7.18. The van der Waals surface area contributed by atoms with Gasteiger partial charge in [0.2, 0.25) is 0 Å². The van der Waals surface area contributed by atoms with Crippen molar-refractivity contribution >= 4 is 27.3 Å². The quantitative estimate of drug-likeness (QED) is 0.612. The van der Waals surface area contributed by atoms with E-state index in [1.54, 1.807) is 18.4 Å². The maximum absolute atomic E-state index is 13.0. The summed E-state index contributed by atoms with van der Waals surface area (Å²) >= 11 is 1.62. The molecule has 3 aromatic heterocycles. The Balaban J connectivity index is 1.66. The first-order valence-electron chi connectivity index (χ1n) is 9.19. The van der Waals surface area contributed by atoms with E-state index < -0.39 is 0 Å². The third kappa shape index (κ3) is 3.04. The fourth-order valence-corrected chi connectivity index (χ4v) is 5.20. The molecule has 3 heterocycles. The molecule has 0 bridgehead atoms. The molecule has 4 rings (SSSR count). The lowest BCUT2D eigenvalue weighted by Gasteiger charge is -2.09. The molecule has 0 fully saturated rings. The van der Waals surface area contributed by atoms with Gasteiger partial charge in [-0.1, -0.05) is 0 Å². The molecule has 6 nitrogen and oxygen atoms in total. The molecular formula is C20H23N3O3S. The topological polar surface area (TPSA) is 66.1 Å². The van der Waals surface area contributed by atoms with E-state index >= 15 is 0 Å². The third-order valence-corrected chi connectivity index (χ3v) is 6.60. The fourth-order valence-electron chi connectivity index (χ4n) is 3.98. The lowest BCUT2D eigenvalue weighted by atomic mass is 10.1. The van der Waals surface area contributed by atoms with Gasteiger partial charge in [0.15, 0.2) is 5.78 Å². The van der Waals surface area contributed by atoms with E-state index in [4.69, 9.17) is 4.74 Å². The maximum Gasteiger partial charge on any atom is 0.262 e. The van der Waals surface area contributed by atoms with E-state index in [9.17, 15) is 9.59 Å². The minimum atomic E-state index is -0.0964. The van der Waals surface area contributed by atoms with Crippen LogP contribution in [-0.4, -0.2) is 33.6 Å². The van der Waals surface area contributed by atoms with Gasteiger partial charge in [0, 0.05) is 35.5 Å². The number of methoxy groups -OCH3 is 1. The van der Waals surface area contributed by atoms with Crippen molar-refractivity contribution in [2.75, 3.05) is 13.7 Å². The van der Waals surface area contributed by atoms with Crippen LogP contribution in [0.1, 0.15) is 38.6 Å². The molecule has 0 spiro atoms. The number of fused-ring (bicyclic) bond motifs is 3. The van der Waals surface area contributed by atoms with Crippen LogP contribution in [-0.2, 0) is 30.7 Å². The van der Waals surface area contributed by atoms with Crippen molar-refractivity contribution in [1.29, 1.82) is 0 Å². The molecule has 0 radical (unpaired) electrons. The average molecular weight is 385 g/mol. The number of nitrogens with zero attached hydrogens (tertiary/aromatic N) is 3. The third-order valence-electron chi connectivity index (χ3n) is 5.40. The first-order valence-corrected chi connectivity index (χ1v) is 10.0. The molecule has 1 aliphatic carbocycles. The molecule has 1 aliphatic rings.